The van der Waals surface area contributed by atoms with Crippen LogP contribution in [0, 0.1) is 13.8 Å². The van der Waals surface area contributed by atoms with Crippen molar-refractivity contribution in [3.63, 3.8) is 0 Å². The van der Waals surface area contributed by atoms with Crippen molar-refractivity contribution in [2.24, 2.45) is 0 Å². The number of nitrogens with zero attached hydrogens (tertiary/aromatic N) is 5. The van der Waals surface area contributed by atoms with Gasteiger partial charge in [-0.1, -0.05) is 42.5 Å². The molecule has 1 aliphatic heterocycles. The molecule has 0 bridgehead atoms. The van der Waals surface area contributed by atoms with Crippen LogP contribution in [-0.2, 0) is 30.8 Å². The monoisotopic (exact) mass is 472 g/mol. The number of aromatic nitrogens is 5. The van der Waals surface area contributed by atoms with Crippen LogP contribution in [-0.4, -0.2) is 49.3 Å². The lowest BCUT2D eigenvalue weighted by Gasteiger charge is -2.22. The number of hydrogen-bond acceptors (Lipinski definition) is 6. The molecule has 3 heterocycles. The molecule has 1 saturated heterocycles. The summed E-state index contributed by atoms with van der Waals surface area (Å²) in [6.07, 6.45) is 3.14. The van der Waals surface area contributed by atoms with Gasteiger partial charge in [-0.05, 0) is 71.7 Å². The Morgan fingerprint density at radius 2 is 2.00 bits per heavy atom. The Bertz CT molecular complexity index is 1340. The Balaban J connectivity index is 1.39. The highest BCUT2D eigenvalue weighted by Crippen LogP contribution is 2.20. The van der Waals surface area contributed by atoms with Gasteiger partial charge in [0.15, 0.2) is 5.82 Å². The Morgan fingerprint density at radius 1 is 1.14 bits per heavy atom. The van der Waals surface area contributed by atoms with E-state index in [4.69, 9.17) is 4.74 Å². The number of pyridine rings is 1. The zero-order valence-electron chi connectivity index (χ0n) is 20.4. The second kappa shape index (κ2) is 10.5. The molecule has 0 unspecified atom stereocenters. The van der Waals surface area contributed by atoms with Crippen LogP contribution < -0.4 is 5.56 Å². The summed E-state index contributed by atoms with van der Waals surface area (Å²) in [7, 11) is 0. The molecule has 1 aliphatic rings. The van der Waals surface area contributed by atoms with Crippen molar-refractivity contribution in [3.05, 3.63) is 87.0 Å². The lowest BCUT2D eigenvalue weighted by molar-refractivity contribution is 0.0916. The average Bonchev–Trinajstić information content (AvgIpc) is 3.54. The second-order valence-corrected chi connectivity index (χ2v) is 9.45. The summed E-state index contributed by atoms with van der Waals surface area (Å²) < 4.78 is 7.64. The minimum Gasteiger partial charge on any atom is -0.376 e. The lowest BCUT2D eigenvalue weighted by atomic mass is 10.0. The minimum absolute atomic E-state index is 0.0464. The molecule has 8 nitrogen and oxygen atoms in total. The number of tetrazole rings is 1. The van der Waals surface area contributed by atoms with Crippen molar-refractivity contribution >= 4 is 10.9 Å². The van der Waals surface area contributed by atoms with E-state index >= 15 is 0 Å². The van der Waals surface area contributed by atoms with Gasteiger partial charge in [0.25, 0.3) is 5.56 Å². The van der Waals surface area contributed by atoms with Crippen LogP contribution in [0.3, 0.4) is 0 Å². The Morgan fingerprint density at radius 3 is 2.80 bits per heavy atom. The van der Waals surface area contributed by atoms with Gasteiger partial charge in [0.2, 0.25) is 0 Å². The molecular weight excluding hydrogens is 440 g/mol. The Kier molecular flexibility index (Phi) is 7.01. The molecule has 0 aliphatic carbocycles. The maximum Gasteiger partial charge on any atom is 0.252 e. The average molecular weight is 473 g/mol. The highest BCUT2D eigenvalue weighted by Gasteiger charge is 2.20. The molecule has 2 aromatic carbocycles. The third-order valence-electron chi connectivity index (χ3n) is 6.95. The standard InChI is InChI=1S/C27H32N6O2/c1-19-10-11-22-15-23(27(34)28-26(22)20(19)2)16-32(13-12-21-7-4-3-5-8-21)18-25-29-30-31-33(25)17-24-9-6-14-35-24/h3-5,7-8,10-11,15,24H,6,9,12-14,16-18H2,1-2H3,(H,28,34)/t24-/m1/s1. The van der Waals surface area contributed by atoms with E-state index in [1.54, 1.807) is 0 Å². The van der Waals surface area contributed by atoms with E-state index in [2.05, 4.69) is 68.7 Å². The van der Waals surface area contributed by atoms with E-state index in [-0.39, 0.29) is 11.7 Å². The molecule has 2 aromatic heterocycles. The molecule has 35 heavy (non-hydrogen) atoms. The summed E-state index contributed by atoms with van der Waals surface area (Å²) in [6, 6.07) is 16.6. The Hall–Kier alpha value is -3.36. The van der Waals surface area contributed by atoms with Crippen molar-refractivity contribution in [1.29, 1.82) is 0 Å². The number of hydrogen-bond donors (Lipinski definition) is 1. The van der Waals surface area contributed by atoms with Crippen LogP contribution in [0.5, 0.6) is 0 Å². The molecule has 0 amide bonds. The summed E-state index contributed by atoms with van der Waals surface area (Å²) in [4.78, 5) is 18.4. The molecule has 0 radical (unpaired) electrons. The van der Waals surface area contributed by atoms with Crippen LogP contribution >= 0.6 is 0 Å². The van der Waals surface area contributed by atoms with Gasteiger partial charge in [-0.15, -0.1) is 5.10 Å². The fourth-order valence-corrected chi connectivity index (χ4v) is 4.73. The zero-order valence-corrected chi connectivity index (χ0v) is 20.4. The fourth-order valence-electron chi connectivity index (χ4n) is 4.73. The number of benzene rings is 2. The molecule has 8 heteroatoms. The molecule has 5 rings (SSSR count). The summed E-state index contributed by atoms with van der Waals surface area (Å²) in [6.45, 7) is 7.41. The van der Waals surface area contributed by atoms with Crippen LogP contribution in [0.25, 0.3) is 10.9 Å². The minimum atomic E-state index is -0.0464. The molecule has 4 aromatic rings. The SMILES string of the molecule is Cc1ccc2cc(CN(CCc3ccccc3)Cc3nnnn3C[C@H]3CCCO3)c(=O)[nH]c2c1C. The molecule has 182 valence electrons. The smallest absolute Gasteiger partial charge is 0.252 e. The molecular formula is C27H32N6O2. The van der Waals surface area contributed by atoms with Gasteiger partial charge < -0.3 is 9.72 Å². The van der Waals surface area contributed by atoms with Gasteiger partial charge >= 0.3 is 0 Å². The summed E-state index contributed by atoms with van der Waals surface area (Å²) >= 11 is 0. The van der Waals surface area contributed by atoms with Gasteiger partial charge in [-0.2, -0.15) is 0 Å². The highest BCUT2D eigenvalue weighted by molar-refractivity contribution is 5.83. The Labute approximate surface area is 204 Å². The number of aromatic amines is 1. The molecule has 1 fully saturated rings. The van der Waals surface area contributed by atoms with Crippen molar-refractivity contribution in [2.75, 3.05) is 13.2 Å². The van der Waals surface area contributed by atoms with Crippen LogP contribution in [0.1, 0.15) is 40.9 Å². The largest absolute Gasteiger partial charge is 0.376 e. The predicted octanol–water partition coefficient (Wildman–Crippen LogP) is 3.56. The van der Waals surface area contributed by atoms with E-state index in [0.717, 1.165) is 60.3 Å². The maximum atomic E-state index is 13.1. The third-order valence-corrected chi connectivity index (χ3v) is 6.95. The van der Waals surface area contributed by atoms with E-state index in [1.807, 2.05) is 23.7 Å². The van der Waals surface area contributed by atoms with Crippen LogP contribution in [0.4, 0.5) is 0 Å². The van der Waals surface area contributed by atoms with E-state index in [0.29, 0.717) is 19.6 Å². The van der Waals surface area contributed by atoms with Gasteiger partial charge in [0.05, 0.1) is 24.7 Å². The fraction of sp³-hybridized carbons (Fsp3) is 0.407. The van der Waals surface area contributed by atoms with E-state index in [9.17, 15) is 4.79 Å². The van der Waals surface area contributed by atoms with Gasteiger partial charge in [0, 0.05) is 25.3 Å². The predicted molar refractivity (Wildman–Crippen MR) is 135 cm³/mol. The normalized spacial score (nSPS) is 15.9. The van der Waals surface area contributed by atoms with Gasteiger partial charge in [0.1, 0.15) is 0 Å². The first-order chi connectivity index (χ1) is 17.1. The number of rotatable bonds is 9. The third kappa shape index (κ3) is 5.49. The van der Waals surface area contributed by atoms with Crippen molar-refractivity contribution in [3.8, 4) is 0 Å². The highest BCUT2D eigenvalue weighted by atomic mass is 16.5. The number of H-pyrrole nitrogens is 1. The molecule has 1 N–H and O–H groups in total. The van der Waals surface area contributed by atoms with Crippen molar-refractivity contribution in [2.45, 2.75) is 58.8 Å². The van der Waals surface area contributed by atoms with E-state index in [1.165, 1.54) is 11.1 Å². The first-order valence-electron chi connectivity index (χ1n) is 12.3. The topological polar surface area (TPSA) is 88.9 Å². The first kappa shape index (κ1) is 23.4. The van der Waals surface area contributed by atoms with Crippen molar-refractivity contribution < 1.29 is 4.74 Å². The number of ether oxygens (including phenoxy) is 1. The van der Waals surface area contributed by atoms with Crippen LogP contribution in [0.2, 0.25) is 0 Å². The first-order valence-corrected chi connectivity index (χ1v) is 12.3. The zero-order chi connectivity index (χ0) is 24.2. The second-order valence-electron chi connectivity index (χ2n) is 9.45. The van der Waals surface area contributed by atoms with Crippen LogP contribution in [0.15, 0.2) is 53.3 Å². The quantitative estimate of drug-likeness (QED) is 0.401. The summed E-state index contributed by atoms with van der Waals surface area (Å²) in [5, 5.41) is 13.5. The van der Waals surface area contributed by atoms with Gasteiger partial charge in [-0.3, -0.25) is 9.69 Å². The van der Waals surface area contributed by atoms with E-state index < -0.39 is 0 Å². The maximum absolute atomic E-state index is 13.1. The lowest BCUT2D eigenvalue weighted by Crippen LogP contribution is -2.30. The van der Waals surface area contributed by atoms with Crippen molar-refractivity contribution in [1.82, 2.24) is 30.1 Å². The molecule has 0 spiro atoms. The number of fused-ring (bicyclic) bond motifs is 1. The molecule has 1 atom stereocenters. The summed E-state index contributed by atoms with van der Waals surface area (Å²) in [5.74, 6) is 0.789. The molecule has 0 saturated carbocycles. The van der Waals surface area contributed by atoms with Gasteiger partial charge in [-0.25, -0.2) is 4.68 Å². The number of nitrogens with one attached hydrogen (secondary N) is 1. The number of aryl methyl sites for hydroxylation is 2. The summed E-state index contributed by atoms with van der Waals surface area (Å²) in [5.41, 5.74) is 5.15.